The number of carbonyl (C=O) groups is 2. The lowest BCUT2D eigenvalue weighted by Gasteiger charge is -2.28. The Morgan fingerprint density at radius 3 is 2.36 bits per heavy atom. The zero-order chi connectivity index (χ0) is 20.4. The second-order valence-corrected chi connectivity index (χ2v) is 5.82. The molecule has 0 saturated heterocycles. The van der Waals surface area contributed by atoms with Crippen LogP contribution in [0.25, 0.3) is 0 Å². The van der Waals surface area contributed by atoms with E-state index < -0.39 is 27.1 Å². The van der Waals surface area contributed by atoms with Crippen LogP contribution in [-0.4, -0.2) is 34.8 Å². The maximum absolute atomic E-state index is 12.5. The van der Waals surface area contributed by atoms with Crippen LogP contribution in [0.1, 0.15) is 17.3 Å². The van der Waals surface area contributed by atoms with Crippen LogP contribution in [0.2, 0.25) is 0 Å². The van der Waals surface area contributed by atoms with Crippen LogP contribution in [0.5, 0.6) is 5.75 Å². The van der Waals surface area contributed by atoms with E-state index in [4.69, 9.17) is 4.74 Å². The summed E-state index contributed by atoms with van der Waals surface area (Å²) in [5.41, 5.74) is -0.601. The van der Waals surface area contributed by atoms with E-state index in [9.17, 15) is 29.8 Å². The number of ether oxygens (including phenoxy) is 1. The van der Waals surface area contributed by atoms with Gasteiger partial charge in [0, 0.05) is 24.4 Å². The minimum absolute atomic E-state index is 0.0795. The van der Waals surface area contributed by atoms with Crippen molar-refractivity contribution in [2.75, 3.05) is 23.4 Å². The Hall–Kier alpha value is -4.02. The Morgan fingerprint density at radius 1 is 1.14 bits per heavy atom. The van der Waals surface area contributed by atoms with Crippen molar-refractivity contribution < 1.29 is 24.2 Å². The molecule has 0 aliphatic carbocycles. The van der Waals surface area contributed by atoms with Gasteiger partial charge in [-0.05, 0) is 25.1 Å². The molecule has 0 unspecified atom stereocenters. The molecule has 0 aromatic heterocycles. The quantitative estimate of drug-likeness (QED) is 0.614. The number of nitro groups is 2. The number of nitrogens with zero attached hydrogens (tertiary/aromatic N) is 3. The van der Waals surface area contributed by atoms with Crippen LogP contribution in [0.15, 0.2) is 36.4 Å². The molecule has 1 aliphatic rings. The highest BCUT2D eigenvalue weighted by Gasteiger charge is 2.25. The zero-order valence-electron chi connectivity index (χ0n) is 14.6. The fourth-order valence-electron chi connectivity index (χ4n) is 2.77. The third-order valence-electron chi connectivity index (χ3n) is 4.06. The van der Waals surface area contributed by atoms with Gasteiger partial charge in [-0.2, -0.15) is 0 Å². The maximum atomic E-state index is 12.5. The molecular formula is C17H14N4O7. The summed E-state index contributed by atoms with van der Waals surface area (Å²) in [4.78, 5) is 46.2. The van der Waals surface area contributed by atoms with Crippen molar-refractivity contribution in [3.63, 3.8) is 0 Å². The van der Waals surface area contributed by atoms with E-state index >= 15 is 0 Å². The standard InChI is InChI=1S/C17H14N4O7/c1-2-19-14-7-11(3-4-15(14)28-9-16(19)22)18-17(23)10-5-12(20(24)25)8-13(6-10)21(26)27/h3-8H,2,9H2,1H3,(H,18,23). The summed E-state index contributed by atoms with van der Waals surface area (Å²) in [5.74, 6) is -0.518. The fourth-order valence-corrected chi connectivity index (χ4v) is 2.77. The molecule has 1 aliphatic heterocycles. The number of nitro benzene ring substituents is 2. The zero-order valence-corrected chi connectivity index (χ0v) is 14.6. The van der Waals surface area contributed by atoms with Crippen LogP contribution in [0.3, 0.4) is 0 Å². The first-order chi connectivity index (χ1) is 13.3. The highest BCUT2D eigenvalue weighted by molar-refractivity contribution is 6.06. The van der Waals surface area contributed by atoms with Gasteiger partial charge in [-0.3, -0.25) is 29.8 Å². The van der Waals surface area contributed by atoms with Crippen molar-refractivity contribution in [1.29, 1.82) is 0 Å². The molecular weight excluding hydrogens is 372 g/mol. The molecule has 11 heteroatoms. The Bertz CT molecular complexity index is 973. The number of hydrogen-bond donors (Lipinski definition) is 1. The molecule has 28 heavy (non-hydrogen) atoms. The summed E-state index contributed by atoms with van der Waals surface area (Å²) in [7, 11) is 0. The number of hydrogen-bond acceptors (Lipinski definition) is 7. The van der Waals surface area contributed by atoms with Gasteiger partial charge in [0.25, 0.3) is 23.2 Å². The van der Waals surface area contributed by atoms with E-state index in [0.717, 1.165) is 18.2 Å². The molecule has 0 spiro atoms. The summed E-state index contributed by atoms with van der Waals surface area (Å²) in [6.45, 7) is 2.12. The Labute approximate surface area is 157 Å². The Morgan fingerprint density at radius 2 is 1.79 bits per heavy atom. The predicted octanol–water partition coefficient (Wildman–Crippen LogP) is 2.50. The summed E-state index contributed by atoms with van der Waals surface area (Å²) in [6.07, 6.45) is 0. The molecule has 0 atom stereocenters. The summed E-state index contributed by atoms with van der Waals surface area (Å²) in [5, 5.41) is 24.5. The topological polar surface area (TPSA) is 145 Å². The SMILES string of the molecule is CCN1C(=O)COc2ccc(NC(=O)c3cc([N+](=O)[O-])cc([N+](=O)[O-])c3)cc21. The van der Waals surface area contributed by atoms with Gasteiger partial charge in [-0.1, -0.05) is 0 Å². The van der Waals surface area contributed by atoms with Crippen molar-refractivity contribution in [2.45, 2.75) is 6.92 Å². The highest BCUT2D eigenvalue weighted by atomic mass is 16.6. The van der Waals surface area contributed by atoms with Gasteiger partial charge in [0.15, 0.2) is 6.61 Å². The molecule has 2 aromatic rings. The number of nitrogens with one attached hydrogen (secondary N) is 1. The van der Waals surface area contributed by atoms with Crippen LogP contribution >= 0.6 is 0 Å². The summed E-state index contributed by atoms with van der Waals surface area (Å²) in [6, 6.07) is 7.32. The van der Waals surface area contributed by atoms with Gasteiger partial charge in [0.2, 0.25) is 0 Å². The number of benzene rings is 2. The van der Waals surface area contributed by atoms with Gasteiger partial charge in [-0.25, -0.2) is 0 Å². The molecule has 0 bridgehead atoms. The number of amides is 2. The maximum Gasteiger partial charge on any atom is 0.277 e. The van der Waals surface area contributed by atoms with Crippen molar-refractivity contribution in [2.24, 2.45) is 0 Å². The molecule has 2 aromatic carbocycles. The van der Waals surface area contributed by atoms with Crippen molar-refractivity contribution >= 4 is 34.6 Å². The van der Waals surface area contributed by atoms with Gasteiger partial charge >= 0.3 is 0 Å². The molecule has 0 fully saturated rings. The lowest BCUT2D eigenvalue weighted by Crippen LogP contribution is -2.38. The van der Waals surface area contributed by atoms with Gasteiger partial charge < -0.3 is 15.0 Å². The largest absolute Gasteiger partial charge is 0.482 e. The van der Waals surface area contributed by atoms with Crippen molar-refractivity contribution in [3.05, 3.63) is 62.2 Å². The van der Waals surface area contributed by atoms with Crippen LogP contribution in [-0.2, 0) is 4.79 Å². The number of anilines is 2. The molecule has 11 nitrogen and oxygen atoms in total. The van der Waals surface area contributed by atoms with Gasteiger partial charge in [0.1, 0.15) is 5.75 Å². The Balaban J connectivity index is 1.92. The van der Waals surface area contributed by atoms with Gasteiger partial charge in [-0.15, -0.1) is 0 Å². The van der Waals surface area contributed by atoms with E-state index in [0.29, 0.717) is 23.7 Å². The van der Waals surface area contributed by atoms with Crippen molar-refractivity contribution in [1.82, 2.24) is 0 Å². The molecule has 0 radical (unpaired) electrons. The Kier molecular flexibility index (Phi) is 4.90. The summed E-state index contributed by atoms with van der Waals surface area (Å²) >= 11 is 0. The first kappa shape index (κ1) is 18.8. The fraction of sp³-hybridized carbons (Fsp3) is 0.176. The number of non-ortho nitro benzene ring substituents is 2. The number of carbonyl (C=O) groups excluding carboxylic acids is 2. The number of likely N-dealkylation sites (N-methyl/N-ethyl adjacent to an activating group) is 1. The predicted molar refractivity (Wildman–Crippen MR) is 97.7 cm³/mol. The monoisotopic (exact) mass is 386 g/mol. The van der Waals surface area contributed by atoms with Crippen LogP contribution < -0.4 is 15.0 Å². The first-order valence-electron chi connectivity index (χ1n) is 8.12. The molecule has 3 rings (SSSR count). The van der Waals surface area contributed by atoms with Crippen LogP contribution in [0.4, 0.5) is 22.7 Å². The minimum Gasteiger partial charge on any atom is -0.482 e. The minimum atomic E-state index is -0.815. The van der Waals surface area contributed by atoms with E-state index in [-0.39, 0.29) is 18.1 Å². The number of rotatable bonds is 5. The van der Waals surface area contributed by atoms with Gasteiger partial charge in [0.05, 0.1) is 27.2 Å². The molecule has 1 N–H and O–H groups in total. The van der Waals surface area contributed by atoms with E-state index in [1.165, 1.54) is 17.0 Å². The van der Waals surface area contributed by atoms with Crippen molar-refractivity contribution in [3.8, 4) is 5.75 Å². The normalized spacial score (nSPS) is 12.8. The first-order valence-corrected chi connectivity index (χ1v) is 8.12. The van der Waals surface area contributed by atoms with E-state index in [2.05, 4.69) is 5.32 Å². The second-order valence-electron chi connectivity index (χ2n) is 5.82. The lowest BCUT2D eigenvalue weighted by molar-refractivity contribution is -0.394. The lowest BCUT2D eigenvalue weighted by atomic mass is 10.1. The molecule has 144 valence electrons. The summed E-state index contributed by atoms with van der Waals surface area (Å²) < 4.78 is 5.34. The molecule has 1 heterocycles. The highest BCUT2D eigenvalue weighted by Crippen LogP contribution is 2.34. The molecule has 0 saturated carbocycles. The number of fused-ring (bicyclic) bond motifs is 1. The third-order valence-corrected chi connectivity index (χ3v) is 4.06. The second kappa shape index (κ2) is 7.31. The van der Waals surface area contributed by atoms with E-state index in [1.807, 2.05) is 0 Å². The molecule has 2 amide bonds. The third kappa shape index (κ3) is 3.58. The van der Waals surface area contributed by atoms with E-state index in [1.54, 1.807) is 13.0 Å². The average Bonchev–Trinajstić information content (AvgIpc) is 2.67. The average molecular weight is 386 g/mol. The van der Waals surface area contributed by atoms with Crippen LogP contribution in [0, 0.1) is 20.2 Å². The smallest absolute Gasteiger partial charge is 0.277 e.